The number of oxazole rings is 1. The first-order valence-electron chi connectivity index (χ1n) is 15.3. The fourth-order valence-corrected chi connectivity index (χ4v) is 7.88. The normalized spacial score (nSPS) is 11.9. The van der Waals surface area contributed by atoms with Gasteiger partial charge in [0.15, 0.2) is 5.58 Å². The Hall–Kier alpha value is -5.91. The molecule has 0 unspecified atom stereocenters. The quantitative estimate of drug-likeness (QED) is 0.199. The van der Waals surface area contributed by atoms with Crippen LogP contribution in [0.15, 0.2) is 154 Å². The highest BCUT2D eigenvalue weighted by molar-refractivity contribution is 7.25. The van der Waals surface area contributed by atoms with Crippen LogP contribution in [-0.4, -0.2) is 4.98 Å². The first-order valence-corrected chi connectivity index (χ1v) is 16.1. The van der Waals surface area contributed by atoms with E-state index in [9.17, 15) is 0 Å². The predicted molar refractivity (Wildman–Crippen MR) is 192 cm³/mol. The van der Waals surface area contributed by atoms with E-state index in [1.165, 1.54) is 20.2 Å². The van der Waals surface area contributed by atoms with Crippen LogP contribution in [0, 0.1) is 0 Å². The summed E-state index contributed by atoms with van der Waals surface area (Å²) in [6.45, 7) is 0. The Morgan fingerprint density at radius 2 is 1.24 bits per heavy atom. The number of benzene rings is 7. The summed E-state index contributed by atoms with van der Waals surface area (Å²) in [5.74, 6) is 0.584. The largest absolute Gasteiger partial charge is 0.456 e. The van der Waals surface area contributed by atoms with Crippen LogP contribution in [0.25, 0.3) is 75.4 Å². The molecule has 0 aliphatic heterocycles. The molecular formula is C41H24N2O2S. The third-order valence-electron chi connectivity index (χ3n) is 8.87. The van der Waals surface area contributed by atoms with Crippen LogP contribution in [0.1, 0.15) is 0 Å². The molecule has 0 aliphatic carbocycles. The van der Waals surface area contributed by atoms with E-state index in [-0.39, 0.29) is 0 Å². The highest BCUT2D eigenvalue weighted by Gasteiger charge is 2.21. The Labute approximate surface area is 267 Å². The second kappa shape index (κ2) is 9.80. The van der Waals surface area contributed by atoms with E-state index in [1.807, 2.05) is 41.7 Å². The number of fused-ring (bicyclic) bond motifs is 9. The Bertz CT molecular complexity index is 2740. The van der Waals surface area contributed by atoms with Crippen LogP contribution in [-0.2, 0) is 0 Å². The van der Waals surface area contributed by atoms with Crippen molar-refractivity contribution in [3.05, 3.63) is 146 Å². The molecule has 7 aromatic carbocycles. The number of furan rings is 1. The van der Waals surface area contributed by atoms with Crippen LogP contribution < -0.4 is 4.90 Å². The van der Waals surface area contributed by atoms with Crippen molar-refractivity contribution in [3.8, 4) is 11.5 Å². The second-order valence-electron chi connectivity index (χ2n) is 11.6. The lowest BCUT2D eigenvalue weighted by atomic mass is 10.00. The van der Waals surface area contributed by atoms with Crippen molar-refractivity contribution in [3.63, 3.8) is 0 Å². The number of nitrogens with zero attached hydrogens (tertiary/aromatic N) is 2. The second-order valence-corrected chi connectivity index (χ2v) is 12.6. The maximum atomic E-state index is 6.68. The molecule has 46 heavy (non-hydrogen) atoms. The maximum Gasteiger partial charge on any atom is 0.227 e. The molecule has 0 fully saturated rings. The summed E-state index contributed by atoms with van der Waals surface area (Å²) in [6.07, 6.45) is 0. The van der Waals surface area contributed by atoms with Gasteiger partial charge in [0.25, 0.3) is 0 Å². The number of hydrogen-bond acceptors (Lipinski definition) is 5. The minimum Gasteiger partial charge on any atom is -0.456 e. The van der Waals surface area contributed by atoms with Gasteiger partial charge in [-0.3, -0.25) is 0 Å². The number of hydrogen-bond donors (Lipinski definition) is 0. The summed E-state index contributed by atoms with van der Waals surface area (Å²) in [7, 11) is 0. The first kappa shape index (κ1) is 25.4. The van der Waals surface area contributed by atoms with Crippen molar-refractivity contribution in [2.24, 2.45) is 0 Å². The van der Waals surface area contributed by atoms with Crippen molar-refractivity contribution in [1.82, 2.24) is 4.98 Å². The van der Waals surface area contributed by atoms with Gasteiger partial charge in [-0.1, -0.05) is 72.8 Å². The molecule has 5 heteroatoms. The molecular weight excluding hydrogens is 585 g/mol. The van der Waals surface area contributed by atoms with Gasteiger partial charge < -0.3 is 13.7 Å². The Morgan fingerprint density at radius 1 is 0.478 bits per heavy atom. The summed E-state index contributed by atoms with van der Waals surface area (Å²) >= 11 is 1.84. The molecule has 10 rings (SSSR count). The smallest absolute Gasteiger partial charge is 0.227 e. The van der Waals surface area contributed by atoms with E-state index >= 15 is 0 Å². The molecule has 0 radical (unpaired) electrons. The van der Waals surface area contributed by atoms with E-state index in [1.54, 1.807) is 0 Å². The highest BCUT2D eigenvalue weighted by atomic mass is 32.1. The molecule has 0 bridgehead atoms. The van der Waals surface area contributed by atoms with Gasteiger partial charge in [0.2, 0.25) is 5.89 Å². The van der Waals surface area contributed by atoms with Crippen molar-refractivity contribution in [2.75, 3.05) is 4.90 Å². The molecule has 3 aromatic heterocycles. The summed E-state index contributed by atoms with van der Waals surface area (Å²) < 4.78 is 15.4. The number of para-hydroxylation sites is 3. The number of aromatic nitrogens is 1. The van der Waals surface area contributed by atoms with Crippen molar-refractivity contribution in [2.45, 2.75) is 0 Å². The minimum absolute atomic E-state index is 0.584. The van der Waals surface area contributed by atoms with Crippen LogP contribution in [0.5, 0.6) is 0 Å². The standard InChI is InChI=1S/C41H24N2O2S/c1-2-10-26(11-3-1)43(27-19-21-39-32(23-27)29-13-6-9-17-38(29)46-39)34-24-37-40(30-14-5-4-12-28(30)34)31-20-18-25(22-36(31)44-37)41-42-33-15-7-8-16-35(33)45-41/h1-24H. The van der Waals surface area contributed by atoms with E-state index < -0.39 is 0 Å². The van der Waals surface area contributed by atoms with Crippen molar-refractivity contribution in [1.29, 1.82) is 0 Å². The summed E-state index contributed by atoms with van der Waals surface area (Å²) in [6, 6.07) is 50.9. The zero-order valence-electron chi connectivity index (χ0n) is 24.5. The Balaban J connectivity index is 1.22. The van der Waals surface area contributed by atoms with Gasteiger partial charge in [0.1, 0.15) is 16.7 Å². The molecule has 0 atom stereocenters. The zero-order chi connectivity index (χ0) is 30.2. The molecule has 0 spiro atoms. The van der Waals surface area contributed by atoms with E-state index in [0.717, 1.165) is 66.4 Å². The van der Waals surface area contributed by atoms with E-state index in [2.05, 4.69) is 120 Å². The molecule has 0 saturated carbocycles. The van der Waals surface area contributed by atoms with Gasteiger partial charge in [-0.2, -0.15) is 0 Å². The van der Waals surface area contributed by atoms with Crippen LogP contribution >= 0.6 is 11.3 Å². The van der Waals surface area contributed by atoms with Gasteiger partial charge in [0, 0.05) is 59.3 Å². The topological polar surface area (TPSA) is 42.4 Å². The number of anilines is 3. The van der Waals surface area contributed by atoms with Gasteiger partial charge in [-0.25, -0.2) is 4.98 Å². The molecule has 216 valence electrons. The average molecular weight is 609 g/mol. The first-order chi connectivity index (χ1) is 22.8. The number of rotatable bonds is 4. The fraction of sp³-hybridized carbons (Fsp3) is 0. The van der Waals surface area contributed by atoms with Crippen LogP contribution in [0.4, 0.5) is 17.1 Å². The van der Waals surface area contributed by atoms with E-state index in [0.29, 0.717) is 5.89 Å². The summed E-state index contributed by atoms with van der Waals surface area (Å²) in [5.41, 5.74) is 7.37. The molecule has 0 N–H and O–H groups in total. The molecule has 3 heterocycles. The molecule has 4 nitrogen and oxygen atoms in total. The Morgan fingerprint density at radius 3 is 2.13 bits per heavy atom. The molecule has 10 aromatic rings. The van der Waals surface area contributed by atoms with Gasteiger partial charge in [-0.05, 0) is 72.1 Å². The highest BCUT2D eigenvalue weighted by Crippen LogP contribution is 2.46. The zero-order valence-corrected chi connectivity index (χ0v) is 25.3. The molecule has 0 amide bonds. The number of thiophene rings is 1. The van der Waals surface area contributed by atoms with E-state index in [4.69, 9.17) is 13.8 Å². The SMILES string of the molecule is c1ccc(N(c2ccc3sc4ccccc4c3c2)c2cc3oc4cc(-c5nc6ccccc6o5)ccc4c3c3ccccc23)cc1. The van der Waals surface area contributed by atoms with Crippen LogP contribution in [0.2, 0.25) is 0 Å². The average Bonchev–Trinajstić information content (AvgIpc) is 3.81. The predicted octanol–water partition coefficient (Wildman–Crippen LogP) is 12.4. The van der Waals surface area contributed by atoms with Gasteiger partial charge >= 0.3 is 0 Å². The van der Waals surface area contributed by atoms with Crippen molar-refractivity contribution >= 4 is 92.4 Å². The lowest BCUT2D eigenvalue weighted by Gasteiger charge is -2.27. The summed E-state index contributed by atoms with van der Waals surface area (Å²) in [4.78, 5) is 7.07. The van der Waals surface area contributed by atoms with Gasteiger partial charge in [-0.15, -0.1) is 11.3 Å². The molecule has 0 saturated heterocycles. The Kier molecular flexibility index (Phi) is 5.41. The maximum absolute atomic E-state index is 6.68. The van der Waals surface area contributed by atoms with Crippen molar-refractivity contribution < 1.29 is 8.83 Å². The van der Waals surface area contributed by atoms with Crippen LogP contribution in [0.3, 0.4) is 0 Å². The molecule has 0 aliphatic rings. The fourth-order valence-electron chi connectivity index (χ4n) is 6.79. The lowest BCUT2D eigenvalue weighted by Crippen LogP contribution is -2.10. The third-order valence-corrected chi connectivity index (χ3v) is 10.0. The lowest BCUT2D eigenvalue weighted by molar-refractivity contribution is 0.619. The van der Waals surface area contributed by atoms with Gasteiger partial charge in [0.05, 0.1) is 5.69 Å². The summed E-state index contributed by atoms with van der Waals surface area (Å²) in [5, 5.41) is 7.01. The monoisotopic (exact) mass is 608 g/mol. The minimum atomic E-state index is 0.584. The third kappa shape index (κ3) is 3.82.